The van der Waals surface area contributed by atoms with Crippen LogP contribution in [0, 0.1) is 0 Å². The lowest BCUT2D eigenvalue weighted by molar-refractivity contribution is -0.145. The molecule has 136 valence electrons. The van der Waals surface area contributed by atoms with Gasteiger partial charge >= 0.3 is 5.97 Å². The lowest BCUT2D eigenvalue weighted by atomic mass is 10.0. The highest BCUT2D eigenvalue weighted by Gasteiger charge is 2.04. The second kappa shape index (κ2) is 14.5. The molecule has 0 aromatic heterocycles. The number of esters is 1. The summed E-state index contributed by atoms with van der Waals surface area (Å²) in [5.74, 6) is -0.0659. The van der Waals surface area contributed by atoms with Gasteiger partial charge in [-0.25, -0.2) is 0 Å². The van der Waals surface area contributed by atoms with Gasteiger partial charge in [-0.2, -0.15) is 0 Å². The maximum atomic E-state index is 11.8. The predicted octanol–water partition coefficient (Wildman–Crippen LogP) is 6.59. The third-order valence-electron chi connectivity index (χ3n) is 4.22. The first-order valence-electron chi connectivity index (χ1n) is 9.55. The van der Waals surface area contributed by atoms with Crippen molar-refractivity contribution < 1.29 is 9.53 Å². The quantitative estimate of drug-likeness (QED) is 0.201. The average molecular weight is 397 g/mol. The number of carbonyl (C=O) groups is 1. The molecule has 0 heterocycles. The highest BCUT2D eigenvalue weighted by Crippen LogP contribution is 2.12. The number of rotatable bonds is 14. The number of alkyl halides is 1. The maximum Gasteiger partial charge on any atom is 0.306 e. The van der Waals surface area contributed by atoms with Gasteiger partial charge in [0, 0.05) is 11.8 Å². The highest BCUT2D eigenvalue weighted by molar-refractivity contribution is 9.09. The molecule has 0 spiro atoms. The molecule has 0 aliphatic heterocycles. The summed E-state index contributed by atoms with van der Waals surface area (Å²) in [6.45, 7) is 2.64. The smallest absolute Gasteiger partial charge is 0.306 e. The molecule has 0 atom stereocenters. The van der Waals surface area contributed by atoms with E-state index in [1.54, 1.807) is 0 Å². The van der Waals surface area contributed by atoms with E-state index in [1.165, 1.54) is 50.5 Å². The molecule has 0 radical (unpaired) electrons. The monoisotopic (exact) mass is 396 g/mol. The molecular formula is C21H33BrO2. The minimum atomic E-state index is -0.0659. The van der Waals surface area contributed by atoms with Crippen LogP contribution in [-0.4, -0.2) is 11.3 Å². The first-order valence-corrected chi connectivity index (χ1v) is 10.7. The fourth-order valence-corrected chi connectivity index (χ4v) is 3.16. The zero-order chi connectivity index (χ0) is 17.5. The second-order valence-electron chi connectivity index (χ2n) is 6.50. The fraction of sp³-hybridized carbons (Fsp3) is 0.667. The molecule has 0 fully saturated rings. The Balaban J connectivity index is 2.18. The topological polar surface area (TPSA) is 26.3 Å². The van der Waals surface area contributed by atoms with Gasteiger partial charge in [0.25, 0.3) is 0 Å². The molecule has 0 saturated carbocycles. The minimum Gasteiger partial charge on any atom is -0.461 e. The number of carbonyl (C=O) groups excluding carboxylic acids is 1. The van der Waals surface area contributed by atoms with Crippen LogP contribution in [0.2, 0.25) is 0 Å². The van der Waals surface area contributed by atoms with E-state index in [-0.39, 0.29) is 5.97 Å². The van der Waals surface area contributed by atoms with Crippen LogP contribution in [0.1, 0.15) is 82.3 Å². The van der Waals surface area contributed by atoms with Crippen molar-refractivity contribution in [2.45, 2.75) is 84.2 Å². The molecule has 0 unspecified atom stereocenters. The summed E-state index contributed by atoms with van der Waals surface area (Å²) < 4.78 is 5.41. The molecule has 0 bridgehead atoms. The van der Waals surface area contributed by atoms with Crippen molar-refractivity contribution in [2.75, 3.05) is 5.33 Å². The van der Waals surface area contributed by atoms with Gasteiger partial charge in [0.1, 0.15) is 6.61 Å². The number of halogens is 1. The van der Waals surface area contributed by atoms with E-state index in [9.17, 15) is 4.79 Å². The van der Waals surface area contributed by atoms with Crippen LogP contribution < -0.4 is 0 Å². The molecule has 0 aliphatic rings. The Bertz CT molecular complexity index is 445. The summed E-state index contributed by atoms with van der Waals surface area (Å²) in [6.07, 6.45) is 12.5. The van der Waals surface area contributed by atoms with Crippen LogP contribution in [0.25, 0.3) is 0 Å². The van der Waals surface area contributed by atoms with Crippen LogP contribution in [-0.2, 0) is 22.6 Å². The zero-order valence-electron chi connectivity index (χ0n) is 15.2. The SMILES string of the molecule is CCCCCCc1cccc(COC(=O)CCCCCCCBr)c1. The molecule has 1 rings (SSSR count). The number of hydrogen-bond acceptors (Lipinski definition) is 2. The minimum absolute atomic E-state index is 0.0659. The first kappa shape index (κ1) is 21.2. The normalized spacial score (nSPS) is 10.8. The van der Waals surface area contributed by atoms with Gasteiger partial charge in [0.05, 0.1) is 0 Å². The summed E-state index contributed by atoms with van der Waals surface area (Å²) in [5, 5.41) is 1.08. The van der Waals surface area contributed by atoms with E-state index >= 15 is 0 Å². The lowest BCUT2D eigenvalue weighted by Crippen LogP contribution is -2.04. The Hall–Kier alpha value is -0.830. The fourth-order valence-electron chi connectivity index (χ4n) is 2.76. The third-order valence-corrected chi connectivity index (χ3v) is 4.79. The van der Waals surface area contributed by atoms with Crippen LogP contribution in [0.3, 0.4) is 0 Å². The van der Waals surface area contributed by atoms with Gasteiger partial charge in [-0.05, 0) is 36.8 Å². The van der Waals surface area contributed by atoms with Crippen LogP contribution in [0.15, 0.2) is 24.3 Å². The molecule has 0 amide bonds. The predicted molar refractivity (Wildman–Crippen MR) is 106 cm³/mol. The maximum absolute atomic E-state index is 11.8. The largest absolute Gasteiger partial charge is 0.461 e. The van der Waals surface area contributed by atoms with E-state index in [2.05, 4.69) is 41.1 Å². The number of hydrogen-bond donors (Lipinski definition) is 0. The summed E-state index contributed by atoms with van der Waals surface area (Å²) >= 11 is 3.44. The Kier molecular flexibility index (Phi) is 12.8. The summed E-state index contributed by atoms with van der Waals surface area (Å²) in [7, 11) is 0. The molecule has 0 saturated heterocycles. The summed E-state index contributed by atoms with van der Waals surface area (Å²) in [5.41, 5.74) is 2.46. The molecule has 0 aliphatic carbocycles. The van der Waals surface area contributed by atoms with Gasteiger partial charge in [0.2, 0.25) is 0 Å². The van der Waals surface area contributed by atoms with Crippen molar-refractivity contribution in [3.63, 3.8) is 0 Å². The summed E-state index contributed by atoms with van der Waals surface area (Å²) in [6, 6.07) is 8.47. The number of aryl methyl sites for hydroxylation is 1. The Morgan fingerprint density at radius 2 is 1.67 bits per heavy atom. The molecule has 3 heteroatoms. The molecule has 2 nitrogen and oxygen atoms in total. The van der Waals surface area contributed by atoms with E-state index < -0.39 is 0 Å². The number of benzene rings is 1. The second-order valence-corrected chi connectivity index (χ2v) is 7.29. The van der Waals surface area contributed by atoms with E-state index in [0.717, 1.165) is 30.2 Å². The Morgan fingerprint density at radius 1 is 0.958 bits per heavy atom. The van der Waals surface area contributed by atoms with Gasteiger partial charge in [-0.1, -0.05) is 85.6 Å². The molecule has 1 aromatic carbocycles. The average Bonchev–Trinajstić information content (AvgIpc) is 2.60. The van der Waals surface area contributed by atoms with Crippen LogP contribution in [0.5, 0.6) is 0 Å². The van der Waals surface area contributed by atoms with Crippen molar-refractivity contribution >= 4 is 21.9 Å². The molecule has 0 N–H and O–H groups in total. The first-order chi connectivity index (χ1) is 11.8. The van der Waals surface area contributed by atoms with Gasteiger partial charge in [-0.3, -0.25) is 4.79 Å². The van der Waals surface area contributed by atoms with Crippen LogP contribution >= 0.6 is 15.9 Å². The number of ether oxygens (including phenoxy) is 1. The van der Waals surface area contributed by atoms with E-state index in [1.807, 2.05) is 6.07 Å². The standard InChI is InChI=1S/C21H33BrO2/c1-2-3-4-8-12-19-13-11-14-20(17-19)18-24-21(23)15-9-6-5-7-10-16-22/h11,13-14,17H,2-10,12,15-16,18H2,1H3. The van der Waals surface area contributed by atoms with Crippen molar-refractivity contribution in [2.24, 2.45) is 0 Å². The van der Waals surface area contributed by atoms with Gasteiger partial charge < -0.3 is 4.74 Å². The third kappa shape index (κ3) is 10.9. The van der Waals surface area contributed by atoms with Crippen molar-refractivity contribution in [1.29, 1.82) is 0 Å². The Morgan fingerprint density at radius 3 is 2.46 bits per heavy atom. The zero-order valence-corrected chi connectivity index (χ0v) is 16.8. The molecular weight excluding hydrogens is 364 g/mol. The highest BCUT2D eigenvalue weighted by atomic mass is 79.9. The molecule has 24 heavy (non-hydrogen) atoms. The van der Waals surface area contributed by atoms with E-state index in [4.69, 9.17) is 4.74 Å². The van der Waals surface area contributed by atoms with Crippen molar-refractivity contribution in [1.82, 2.24) is 0 Å². The lowest BCUT2D eigenvalue weighted by Gasteiger charge is -2.07. The number of unbranched alkanes of at least 4 members (excludes halogenated alkanes) is 7. The van der Waals surface area contributed by atoms with Gasteiger partial charge in [-0.15, -0.1) is 0 Å². The van der Waals surface area contributed by atoms with Crippen molar-refractivity contribution in [3.05, 3.63) is 35.4 Å². The Labute approximate surface area is 156 Å². The summed E-state index contributed by atoms with van der Waals surface area (Å²) in [4.78, 5) is 11.8. The van der Waals surface area contributed by atoms with Gasteiger partial charge in [0.15, 0.2) is 0 Å². The van der Waals surface area contributed by atoms with E-state index in [0.29, 0.717) is 13.0 Å². The van der Waals surface area contributed by atoms with Crippen LogP contribution in [0.4, 0.5) is 0 Å². The molecule has 1 aromatic rings. The van der Waals surface area contributed by atoms with Crippen molar-refractivity contribution in [3.8, 4) is 0 Å².